The molecule has 0 fully saturated rings. The largest absolute Gasteiger partial charge is 0.481 e. The van der Waals surface area contributed by atoms with Crippen LogP contribution in [0, 0.1) is 11.8 Å². The predicted octanol–water partition coefficient (Wildman–Crippen LogP) is 2.80. The predicted molar refractivity (Wildman–Crippen MR) is 82.2 cm³/mol. The molecule has 0 aromatic heterocycles. The molecule has 1 rings (SSSR count). The topological polar surface area (TPSA) is 78.4 Å². The number of carbonyl (C=O) groups excluding carboxylic acids is 1. The maximum absolute atomic E-state index is 11.6. The highest BCUT2D eigenvalue weighted by molar-refractivity contribution is 5.89. The van der Waals surface area contributed by atoms with Crippen LogP contribution in [0.3, 0.4) is 0 Å². The van der Waals surface area contributed by atoms with Gasteiger partial charge in [0.25, 0.3) is 0 Å². The van der Waals surface area contributed by atoms with Crippen LogP contribution in [0.15, 0.2) is 24.3 Å². The number of benzene rings is 1. The Morgan fingerprint density at radius 3 is 2.52 bits per heavy atom. The number of urea groups is 1. The van der Waals surface area contributed by atoms with E-state index in [1.54, 1.807) is 19.1 Å². The number of carboxylic acid groups (broad SMARTS) is 1. The molecule has 1 aromatic carbocycles. The van der Waals surface area contributed by atoms with Crippen LogP contribution < -0.4 is 10.6 Å². The molecule has 1 unspecified atom stereocenters. The standard InChI is InChI=1S/C16H20N2O3/c1-3-4-5-10-17-16(21)18-14-8-6-13(7-9-14)12(2)11-15(19)20/h6-9,12H,5,10-11H2,1-2H3,(H,19,20)(H2,17,18,21). The molecule has 1 aromatic rings. The van der Waals surface area contributed by atoms with Crippen molar-refractivity contribution in [2.45, 2.75) is 32.6 Å². The molecule has 0 bridgehead atoms. The lowest BCUT2D eigenvalue weighted by Gasteiger charge is -2.11. The van der Waals surface area contributed by atoms with Crippen molar-refractivity contribution in [2.24, 2.45) is 0 Å². The Labute approximate surface area is 124 Å². The number of anilines is 1. The zero-order chi connectivity index (χ0) is 15.7. The zero-order valence-corrected chi connectivity index (χ0v) is 12.3. The third-order valence-corrected chi connectivity index (χ3v) is 2.93. The van der Waals surface area contributed by atoms with Crippen LogP contribution >= 0.6 is 0 Å². The molecule has 0 aliphatic heterocycles. The second-order valence-electron chi connectivity index (χ2n) is 4.68. The van der Waals surface area contributed by atoms with Gasteiger partial charge < -0.3 is 15.7 Å². The van der Waals surface area contributed by atoms with E-state index < -0.39 is 5.97 Å². The van der Waals surface area contributed by atoms with Crippen LogP contribution in [0.25, 0.3) is 0 Å². The fraction of sp³-hybridized carbons (Fsp3) is 0.375. The number of amides is 2. The second-order valence-corrected chi connectivity index (χ2v) is 4.68. The van der Waals surface area contributed by atoms with Crippen molar-refractivity contribution in [3.05, 3.63) is 29.8 Å². The summed E-state index contributed by atoms with van der Waals surface area (Å²) in [4.78, 5) is 22.3. The van der Waals surface area contributed by atoms with Crippen LogP contribution in [0.1, 0.15) is 38.2 Å². The van der Waals surface area contributed by atoms with Crippen molar-refractivity contribution < 1.29 is 14.7 Å². The van der Waals surface area contributed by atoms with Crippen LogP contribution in [0.2, 0.25) is 0 Å². The van der Waals surface area contributed by atoms with Crippen molar-refractivity contribution >= 4 is 17.7 Å². The molecule has 0 radical (unpaired) electrons. The fourth-order valence-corrected chi connectivity index (χ4v) is 1.81. The van der Waals surface area contributed by atoms with Crippen LogP contribution in [-0.4, -0.2) is 23.7 Å². The highest BCUT2D eigenvalue weighted by Gasteiger charge is 2.10. The minimum absolute atomic E-state index is 0.0574. The van der Waals surface area contributed by atoms with E-state index in [9.17, 15) is 9.59 Å². The number of nitrogens with one attached hydrogen (secondary N) is 2. The molecule has 112 valence electrons. The summed E-state index contributed by atoms with van der Waals surface area (Å²) in [5.74, 6) is 4.74. The Hall–Kier alpha value is -2.48. The van der Waals surface area contributed by atoms with Crippen molar-refractivity contribution in [3.63, 3.8) is 0 Å². The van der Waals surface area contributed by atoms with E-state index in [4.69, 9.17) is 5.11 Å². The molecular formula is C16H20N2O3. The normalized spacial score (nSPS) is 11.0. The van der Waals surface area contributed by atoms with Gasteiger partial charge in [-0.2, -0.15) is 0 Å². The molecule has 2 amide bonds. The first kappa shape index (κ1) is 16.6. The number of hydrogen-bond donors (Lipinski definition) is 3. The molecule has 0 aliphatic rings. The Morgan fingerprint density at radius 2 is 1.95 bits per heavy atom. The minimum atomic E-state index is -0.820. The van der Waals surface area contributed by atoms with Crippen molar-refractivity contribution in [1.29, 1.82) is 0 Å². The summed E-state index contributed by atoms with van der Waals surface area (Å²) in [5, 5.41) is 14.2. The van der Waals surface area contributed by atoms with Crippen molar-refractivity contribution in [3.8, 4) is 11.8 Å². The Kier molecular flexibility index (Phi) is 6.82. The first-order chi connectivity index (χ1) is 10.0. The summed E-state index contributed by atoms with van der Waals surface area (Å²) in [5.41, 5.74) is 1.60. The van der Waals surface area contributed by atoms with Crippen molar-refractivity contribution in [2.75, 3.05) is 11.9 Å². The van der Waals surface area contributed by atoms with Gasteiger partial charge >= 0.3 is 12.0 Å². The van der Waals surface area contributed by atoms with Crippen LogP contribution in [-0.2, 0) is 4.79 Å². The lowest BCUT2D eigenvalue weighted by Crippen LogP contribution is -2.29. The molecule has 0 aliphatic carbocycles. The van der Waals surface area contributed by atoms with Gasteiger partial charge in [0.15, 0.2) is 0 Å². The maximum Gasteiger partial charge on any atom is 0.319 e. The summed E-state index contributed by atoms with van der Waals surface area (Å²) in [6.07, 6.45) is 0.710. The van der Waals surface area contributed by atoms with E-state index in [0.29, 0.717) is 18.7 Å². The molecule has 21 heavy (non-hydrogen) atoms. The van der Waals surface area contributed by atoms with E-state index in [1.807, 2.05) is 19.1 Å². The van der Waals surface area contributed by atoms with E-state index >= 15 is 0 Å². The third kappa shape index (κ3) is 6.48. The fourth-order valence-electron chi connectivity index (χ4n) is 1.81. The molecule has 0 saturated carbocycles. The first-order valence-corrected chi connectivity index (χ1v) is 6.79. The maximum atomic E-state index is 11.6. The molecule has 1 atom stereocenters. The monoisotopic (exact) mass is 288 g/mol. The second kappa shape index (κ2) is 8.64. The summed E-state index contributed by atoms with van der Waals surface area (Å²) in [6, 6.07) is 6.90. The molecule has 0 heterocycles. The lowest BCUT2D eigenvalue weighted by atomic mass is 9.98. The molecule has 3 N–H and O–H groups in total. The van der Waals surface area contributed by atoms with E-state index in [2.05, 4.69) is 22.5 Å². The van der Waals surface area contributed by atoms with E-state index in [-0.39, 0.29) is 18.4 Å². The van der Waals surface area contributed by atoms with Crippen LogP contribution in [0.4, 0.5) is 10.5 Å². The molecule has 0 spiro atoms. The minimum Gasteiger partial charge on any atom is -0.481 e. The highest BCUT2D eigenvalue weighted by atomic mass is 16.4. The first-order valence-electron chi connectivity index (χ1n) is 6.79. The molecule has 5 nitrogen and oxygen atoms in total. The summed E-state index contributed by atoms with van der Waals surface area (Å²) in [7, 11) is 0. The number of aliphatic carboxylic acids is 1. The summed E-state index contributed by atoms with van der Waals surface area (Å²) >= 11 is 0. The zero-order valence-electron chi connectivity index (χ0n) is 12.3. The Bertz CT molecular complexity index is 541. The SMILES string of the molecule is CC#CCCNC(=O)Nc1ccc(C(C)CC(=O)O)cc1. The van der Waals surface area contributed by atoms with Gasteiger partial charge in [-0.1, -0.05) is 19.1 Å². The lowest BCUT2D eigenvalue weighted by molar-refractivity contribution is -0.137. The number of carboxylic acids is 1. The van der Waals surface area contributed by atoms with Crippen molar-refractivity contribution in [1.82, 2.24) is 5.32 Å². The highest BCUT2D eigenvalue weighted by Crippen LogP contribution is 2.20. The average Bonchev–Trinajstić information content (AvgIpc) is 2.43. The van der Waals surface area contributed by atoms with Gasteiger partial charge in [0.05, 0.1) is 6.42 Å². The van der Waals surface area contributed by atoms with Gasteiger partial charge in [-0.05, 0) is 30.5 Å². The number of hydrogen-bond acceptors (Lipinski definition) is 2. The Balaban J connectivity index is 2.48. The van der Waals surface area contributed by atoms with E-state index in [0.717, 1.165) is 5.56 Å². The quantitative estimate of drug-likeness (QED) is 0.556. The molecule has 0 saturated heterocycles. The summed E-state index contributed by atoms with van der Waals surface area (Å²) < 4.78 is 0. The van der Waals surface area contributed by atoms with Gasteiger partial charge in [0, 0.05) is 18.7 Å². The smallest absolute Gasteiger partial charge is 0.319 e. The number of rotatable bonds is 6. The third-order valence-electron chi connectivity index (χ3n) is 2.93. The molecule has 5 heteroatoms. The molecular weight excluding hydrogens is 268 g/mol. The van der Waals surface area contributed by atoms with Gasteiger partial charge in [-0.25, -0.2) is 4.79 Å². The van der Waals surface area contributed by atoms with E-state index in [1.165, 1.54) is 0 Å². The van der Waals surface area contributed by atoms with Crippen LogP contribution in [0.5, 0.6) is 0 Å². The van der Waals surface area contributed by atoms with Gasteiger partial charge in [-0.3, -0.25) is 4.79 Å². The summed E-state index contributed by atoms with van der Waals surface area (Å²) in [6.45, 7) is 4.12. The Morgan fingerprint density at radius 1 is 1.29 bits per heavy atom. The number of carbonyl (C=O) groups is 2. The average molecular weight is 288 g/mol. The van der Waals surface area contributed by atoms with Gasteiger partial charge in [-0.15, -0.1) is 11.8 Å². The van der Waals surface area contributed by atoms with Gasteiger partial charge in [0.2, 0.25) is 0 Å². The van der Waals surface area contributed by atoms with Gasteiger partial charge in [0.1, 0.15) is 0 Å².